The van der Waals surface area contributed by atoms with Crippen molar-refractivity contribution in [3.63, 3.8) is 0 Å². The largest absolute Gasteiger partial charge is 0.465 e. The number of hydrogen-bond donors (Lipinski definition) is 2. The molecule has 2 aromatic rings. The second kappa shape index (κ2) is 5.54. The Balaban J connectivity index is 1.78. The molecular weight excluding hydrogens is 288 g/mol. The number of sulfonamides is 1. The van der Waals surface area contributed by atoms with Gasteiger partial charge in [0.25, 0.3) is 0 Å². The minimum atomic E-state index is -3.52. The molecule has 6 heteroatoms. The van der Waals surface area contributed by atoms with E-state index < -0.39 is 10.0 Å². The summed E-state index contributed by atoms with van der Waals surface area (Å²) >= 11 is 0. The molecule has 0 spiro atoms. The van der Waals surface area contributed by atoms with E-state index in [0.717, 1.165) is 36.4 Å². The van der Waals surface area contributed by atoms with Crippen molar-refractivity contribution in [1.82, 2.24) is 4.72 Å². The molecule has 0 amide bonds. The Labute approximate surface area is 124 Å². The summed E-state index contributed by atoms with van der Waals surface area (Å²) in [4.78, 5) is 0.299. The molecule has 21 heavy (non-hydrogen) atoms. The second-order valence-corrected chi connectivity index (χ2v) is 6.95. The number of fused-ring (bicyclic) bond motifs is 1. The van der Waals surface area contributed by atoms with E-state index in [1.54, 1.807) is 18.2 Å². The summed E-state index contributed by atoms with van der Waals surface area (Å²) in [5.74, 6) is 1.37. The highest BCUT2D eigenvalue weighted by Gasteiger charge is 2.17. The molecule has 1 aliphatic rings. The predicted octanol–water partition coefficient (Wildman–Crippen LogP) is 2.42. The summed E-state index contributed by atoms with van der Waals surface area (Å²) < 4.78 is 32.6. The first-order valence-corrected chi connectivity index (χ1v) is 8.45. The maximum absolute atomic E-state index is 12.3. The van der Waals surface area contributed by atoms with Gasteiger partial charge in [-0.05, 0) is 55.7 Å². The zero-order chi connectivity index (χ0) is 14.9. The van der Waals surface area contributed by atoms with E-state index in [1.165, 1.54) is 0 Å². The van der Waals surface area contributed by atoms with Crippen molar-refractivity contribution in [3.05, 3.63) is 47.4 Å². The van der Waals surface area contributed by atoms with E-state index in [4.69, 9.17) is 4.42 Å². The molecule has 2 heterocycles. The van der Waals surface area contributed by atoms with Crippen LogP contribution in [0.1, 0.15) is 23.5 Å². The number of hydrogen-bond acceptors (Lipinski definition) is 4. The zero-order valence-corrected chi connectivity index (χ0v) is 12.7. The molecule has 5 nitrogen and oxygen atoms in total. The fourth-order valence-corrected chi connectivity index (χ4v) is 3.49. The Kier molecular flexibility index (Phi) is 3.73. The van der Waals surface area contributed by atoms with E-state index in [9.17, 15) is 8.42 Å². The Morgan fingerprint density at radius 3 is 2.90 bits per heavy atom. The summed E-state index contributed by atoms with van der Waals surface area (Å²) in [6, 6.07) is 8.80. The van der Waals surface area contributed by atoms with Gasteiger partial charge in [0.15, 0.2) is 0 Å². The van der Waals surface area contributed by atoms with Gasteiger partial charge in [0.2, 0.25) is 10.0 Å². The van der Waals surface area contributed by atoms with Crippen LogP contribution in [0.4, 0.5) is 5.69 Å². The van der Waals surface area contributed by atoms with Crippen molar-refractivity contribution >= 4 is 15.7 Å². The van der Waals surface area contributed by atoms with Crippen LogP contribution in [0.25, 0.3) is 0 Å². The zero-order valence-electron chi connectivity index (χ0n) is 11.8. The Morgan fingerprint density at radius 1 is 1.29 bits per heavy atom. The molecule has 1 aliphatic heterocycles. The first-order chi connectivity index (χ1) is 10.0. The molecular formula is C15H18N2O3S. The third kappa shape index (κ3) is 3.11. The summed E-state index contributed by atoms with van der Waals surface area (Å²) in [6.45, 7) is 2.93. The summed E-state index contributed by atoms with van der Waals surface area (Å²) in [6.07, 6.45) is 1.93. The van der Waals surface area contributed by atoms with Gasteiger partial charge in [-0.2, -0.15) is 0 Å². The average Bonchev–Trinajstić information content (AvgIpc) is 2.90. The van der Waals surface area contributed by atoms with Crippen molar-refractivity contribution in [3.8, 4) is 0 Å². The number of aryl methyl sites for hydroxylation is 2. The molecule has 0 unspecified atom stereocenters. The maximum Gasteiger partial charge on any atom is 0.240 e. The van der Waals surface area contributed by atoms with Crippen LogP contribution in [-0.4, -0.2) is 15.0 Å². The van der Waals surface area contributed by atoms with Crippen molar-refractivity contribution in [1.29, 1.82) is 0 Å². The van der Waals surface area contributed by atoms with Crippen LogP contribution >= 0.6 is 0 Å². The van der Waals surface area contributed by atoms with Gasteiger partial charge in [0, 0.05) is 12.2 Å². The van der Waals surface area contributed by atoms with Gasteiger partial charge in [-0.3, -0.25) is 0 Å². The molecule has 0 radical (unpaired) electrons. The SMILES string of the molecule is Cc1ccc(CNS(=O)(=O)c2ccc3c(c2)CCCN3)o1. The minimum absolute atomic E-state index is 0.158. The standard InChI is InChI=1S/C15H18N2O3S/c1-11-4-5-13(20-11)10-17-21(18,19)14-6-7-15-12(9-14)3-2-8-16-15/h4-7,9,16-17H,2-3,8,10H2,1H3. The lowest BCUT2D eigenvalue weighted by Gasteiger charge is -2.18. The molecule has 2 N–H and O–H groups in total. The van der Waals surface area contributed by atoms with Crippen LogP contribution in [0, 0.1) is 6.92 Å². The lowest BCUT2D eigenvalue weighted by Crippen LogP contribution is -2.23. The molecule has 0 fully saturated rings. The molecule has 1 aromatic carbocycles. The minimum Gasteiger partial charge on any atom is -0.465 e. The quantitative estimate of drug-likeness (QED) is 0.910. The lowest BCUT2D eigenvalue weighted by atomic mass is 10.0. The molecule has 0 saturated carbocycles. The molecule has 1 aromatic heterocycles. The van der Waals surface area contributed by atoms with E-state index in [-0.39, 0.29) is 6.54 Å². The first-order valence-electron chi connectivity index (χ1n) is 6.96. The third-order valence-corrected chi connectivity index (χ3v) is 4.96. The van der Waals surface area contributed by atoms with Gasteiger partial charge in [0.05, 0.1) is 11.4 Å². The number of benzene rings is 1. The number of nitrogens with one attached hydrogen (secondary N) is 2. The molecule has 0 atom stereocenters. The Bertz CT molecular complexity index is 750. The van der Waals surface area contributed by atoms with Crippen LogP contribution in [0.3, 0.4) is 0 Å². The van der Waals surface area contributed by atoms with Crippen LogP contribution in [-0.2, 0) is 23.0 Å². The molecule has 3 rings (SSSR count). The van der Waals surface area contributed by atoms with Gasteiger partial charge in [-0.25, -0.2) is 13.1 Å². The van der Waals surface area contributed by atoms with Gasteiger partial charge >= 0.3 is 0 Å². The van der Waals surface area contributed by atoms with Crippen molar-refractivity contribution in [2.75, 3.05) is 11.9 Å². The number of furan rings is 1. The monoisotopic (exact) mass is 306 g/mol. The van der Waals surface area contributed by atoms with Gasteiger partial charge in [-0.15, -0.1) is 0 Å². The molecule has 0 aliphatic carbocycles. The van der Waals surface area contributed by atoms with Gasteiger partial charge in [-0.1, -0.05) is 0 Å². The van der Waals surface area contributed by atoms with Crippen LogP contribution < -0.4 is 10.0 Å². The topological polar surface area (TPSA) is 71.3 Å². The first kappa shape index (κ1) is 14.2. The van der Waals surface area contributed by atoms with E-state index >= 15 is 0 Å². The van der Waals surface area contributed by atoms with Crippen LogP contribution in [0.2, 0.25) is 0 Å². The van der Waals surface area contributed by atoms with Gasteiger partial charge < -0.3 is 9.73 Å². The number of anilines is 1. The van der Waals surface area contributed by atoms with Crippen molar-refractivity contribution in [2.24, 2.45) is 0 Å². The van der Waals surface area contributed by atoms with Crippen LogP contribution in [0.15, 0.2) is 39.6 Å². The Morgan fingerprint density at radius 2 is 2.14 bits per heavy atom. The summed E-state index contributed by atoms with van der Waals surface area (Å²) in [7, 11) is -3.52. The second-order valence-electron chi connectivity index (χ2n) is 5.19. The van der Waals surface area contributed by atoms with Crippen LogP contribution in [0.5, 0.6) is 0 Å². The van der Waals surface area contributed by atoms with Crippen molar-refractivity contribution in [2.45, 2.75) is 31.2 Å². The fourth-order valence-electron chi connectivity index (χ4n) is 2.45. The summed E-state index contributed by atoms with van der Waals surface area (Å²) in [5, 5.41) is 3.27. The maximum atomic E-state index is 12.3. The van der Waals surface area contributed by atoms with E-state index in [1.807, 2.05) is 19.1 Å². The number of rotatable bonds is 4. The highest BCUT2D eigenvalue weighted by atomic mass is 32.2. The van der Waals surface area contributed by atoms with Gasteiger partial charge in [0.1, 0.15) is 11.5 Å². The molecule has 112 valence electrons. The fraction of sp³-hybridized carbons (Fsp3) is 0.333. The summed E-state index contributed by atoms with van der Waals surface area (Å²) in [5.41, 5.74) is 2.08. The van der Waals surface area contributed by atoms with E-state index in [2.05, 4.69) is 10.0 Å². The highest BCUT2D eigenvalue weighted by Crippen LogP contribution is 2.25. The smallest absolute Gasteiger partial charge is 0.240 e. The lowest BCUT2D eigenvalue weighted by molar-refractivity contribution is 0.475. The normalized spacial score (nSPS) is 14.5. The molecule has 0 saturated heterocycles. The van der Waals surface area contributed by atoms with Crippen molar-refractivity contribution < 1.29 is 12.8 Å². The predicted molar refractivity (Wildman–Crippen MR) is 80.7 cm³/mol. The molecule has 0 bridgehead atoms. The third-order valence-electron chi connectivity index (χ3n) is 3.56. The average molecular weight is 306 g/mol. The highest BCUT2D eigenvalue weighted by molar-refractivity contribution is 7.89. The Hall–Kier alpha value is -1.79. The van der Waals surface area contributed by atoms with E-state index in [0.29, 0.717) is 10.7 Å².